The second-order valence-electron chi connectivity index (χ2n) is 4.78. The SMILES string of the molecule is CCNC(C)c1ccc(N(C)CCC(F)(F)F)c(Cl)c1. The average molecular weight is 309 g/mol. The van der Waals surface area contributed by atoms with E-state index < -0.39 is 12.6 Å². The first-order chi connectivity index (χ1) is 9.24. The van der Waals surface area contributed by atoms with Gasteiger partial charge in [-0.05, 0) is 31.2 Å². The quantitative estimate of drug-likeness (QED) is 0.838. The minimum Gasteiger partial charge on any atom is -0.373 e. The van der Waals surface area contributed by atoms with Crippen LogP contribution in [0.5, 0.6) is 0 Å². The molecule has 1 aromatic carbocycles. The molecule has 0 saturated carbocycles. The van der Waals surface area contributed by atoms with E-state index in [9.17, 15) is 13.2 Å². The molecule has 1 rings (SSSR count). The minimum atomic E-state index is -4.15. The van der Waals surface area contributed by atoms with Crippen molar-refractivity contribution in [2.75, 3.05) is 25.0 Å². The Hall–Kier alpha value is -0.940. The van der Waals surface area contributed by atoms with E-state index in [1.165, 1.54) is 4.90 Å². The van der Waals surface area contributed by atoms with Gasteiger partial charge in [0.05, 0.1) is 17.1 Å². The Balaban J connectivity index is 2.77. The second kappa shape index (κ2) is 7.18. The first-order valence-corrected chi connectivity index (χ1v) is 6.93. The van der Waals surface area contributed by atoms with Crippen LogP contribution < -0.4 is 10.2 Å². The molecule has 0 bridgehead atoms. The molecule has 0 radical (unpaired) electrons. The van der Waals surface area contributed by atoms with E-state index in [2.05, 4.69) is 5.32 Å². The summed E-state index contributed by atoms with van der Waals surface area (Å²) >= 11 is 6.17. The van der Waals surface area contributed by atoms with Crippen LogP contribution in [-0.2, 0) is 0 Å². The summed E-state index contributed by atoms with van der Waals surface area (Å²) in [6.45, 7) is 4.76. The second-order valence-corrected chi connectivity index (χ2v) is 5.18. The number of alkyl halides is 3. The number of nitrogens with one attached hydrogen (secondary N) is 1. The molecule has 0 fully saturated rings. The molecular formula is C14H20ClF3N2. The van der Waals surface area contributed by atoms with Crippen molar-refractivity contribution in [1.29, 1.82) is 0 Å². The Kier molecular flexibility index (Phi) is 6.14. The summed E-state index contributed by atoms with van der Waals surface area (Å²) in [7, 11) is 1.61. The number of anilines is 1. The third-order valence-electron chi connectivity index (χ3n) is 3.12. The summed E-state index contributed by atoms with van der Waals surface area (Å²) in [4.78, 5) is 1.53. The number of halogens is 4. The molecule has 20 heavy (non-hydrogen) atoms. The fourth-order valence-corrected chi connectivity index (χ4v) is 2.27. The van der Waals surface area contributed by atoms with Crippen LogP contribution in [0.2, 0.25) is 5.02 Å². The molecule has 2 nitrogen and oxygen atoms in total. The summed E-state index contributed by atoms with van der Waals surface area (Å²) in [5, 5.41) is 3.73. The maximum Gasteiger partial charge on any atom is 0.390 e. The van der Waals surface area contributed by atoms with Gasteiger partial charge in [0, 0.05) is 19.6 Å². The Labute approximate surface area is 122 Å². The van der Waals surface area contributed by atoms with Crippen molar-refractivity contribution in [2.24, 2.45) is 0 Å². The van der Waals surface area contributed by atoms with Gasteiger partial charge in [-0.25, -0.2) is 0 Å². The van der Waals surface area contributed by atoms with Crippen molar-refractivity contribution in [2.45, 2.75) is 32.5 Å². The lowest BCUT2D eigenvalue weighted by Crippen LogP contribution is -2.24. The lowest BCUT2D eigenvalue weighted by Gasteiger charge is -2.22. The zero-order valence-corrected chi connectivity index (χ0v) is 12.6. The van der Waals surface area contributed by atoms with Gasteiger partial charge in [0.25, 0.3) is 0 Å². The van der Waals surface area contributed by atoms with Gasteiger partial charge in [-0.1, -0.05) is 24.6 Å². The lowest BCUT2D eigenvalue weighted by molar-refractivity contribution is -0.132. The van der Waals surface area contributed by atoms with Gasteiger partial charge in [-0.3, -0.25) is 0 Å². The predicted octanol–water partition coefficient (Wildman–Crippen LogP) is 4.40. The monoisotopic (exact) mass is 308 g/mol. The molecule has 0 aliphatic heterocycles. The molecule has 1 aromatic rings. The van der Waals surface area contributed by atoms with Gasteiger partial charge < -0.3 is 10.2 Å². The Bertz CT molecular complexity index is 435. The Morgan fingerprint density at radius 1 is 1.35 bits per heavy atom. The third-order valence-corrected chi connectivity index (χ3v) is 3.43. The molecule has 0 saturated heterocycles. The normalized spacial score (nSPS) is 13.3. The zero-order chi connectivity index (χ0) is 15.3. The predicted molar refractivity (Wildman–Crippen MR) is 77.5 cm³/mol. The molecule has 1 N–H and O–H groups in total. The van der Waals surface area contributed by atoms with Crippen LogP contribution in [0.3, 0.4) is 0 Å². The van der Waals surface area contributed by atoms with E-state index in [0.29, 0.717) is 10.7 Å². The first-order valence-electron chi connectivity index (χ1n) is 6.55. The van der Waals surface area contributed by atoms with Gasteiger partial charge in [-0.2, -0.15) is 13.2 Å². The average Bonchev–Trinajstić information content (AvgIpc) is 2.35. The van der Waals surface area contributed by atoms with Crippen molar-refractivity contribution in [3.05, 3.63) is 28.8 Å². The lowest BCUT2D eigenvalue weighted by atomic mass is 10.1. The molecule has 0 aliphatic carbocycles. The molecule has 6 heteroatoms. The van der Waals surface area contributed by atoms with Crippen LogP contribution in [0.15, 0.2) is 18.2 Å². The number of nitrogens with zero attached hydrogens (tertiary/aromatic N) is 1. The van der Waals surface area contributed by atoms with E-state index in [0.717, 1.165) is 12.1 Å². The van der Waals surface area contributed by atoms with Crippen LogP contribution in [0.25, 0.3) is 0 Å². The maximum atomic E-state index is 12.2. The van der Waals surface area contributed by atoms with Crippen molar-refractivity contribution in [3.63, 3.8) is 0 Å². The number of hydrogen-bond acceptors (Lipinski definition) is 2. The van der Waals surface area contributed by atoms with Gasteiger partial charge in [-0.15, -0.1) is 0 Å². The van der Waals surface area contributed by atoms with Gasteiger partial charge >= 0.3 is 6.18 Å². The third kappa shape index (κ3) is 5.21. The molecule has 1 unspecified atom stereocenters. The molecule has 0 heterocycles. The number of hydrogen-bond donors (Lipinski definition) is 1. The van der Waals surface area contributed by atoms with E-state index in [-0.39, 0.29) is 12.6 Å². The number of benzene rings is 1. The molecule has 1 atom stereocenters. The Morgan fingerprint density at radius 3 is 2.50 bits per heavy atom. The highest BCUT2D eigenvalue weighted by Crippen LogP contribution is 2.29. The zero-order valence-electron chi connectivity index (χ0n) is 11.9. The fourth-order valence-electron chi connectivity index (χ4n) is 1.94. The van der Waals surface area contributed by atoms with Crippen molar-refractivity contribution in [1.82, 2.24) is 5.32 Å². The Morgan fingerprint density at radius 2 is 2.00 bits per heavy atom. The van der Waals surface area contributed by atoms with Crippen LogP contribution in [0, 0.1) is 0 Å². The fraction of sp³-hybridized carbons (Fsp3) is 0.571. The van der Waals surface area contributed by atoms with Crippen LogP contribution in [-0.4, -0.2) is 26.3 Å². The highest BCUT2D eigenvalue weighted by atomic mass is 35.5. The molecule has 0 aliphatic rings. The van der Waals surface area contributed by atoms with E-state index in [4.69, 9.17) is 11.6 Å². The summed E-state index contributed by atoms with van der Waals surface area (Å²) in [6, 6.07) is 5.61. The molecular weight excluding hydrogens is 289 g/mol. The molecule has 0 aromatic heterocycles. The van der Waals surface area contributed by atoms with Gasteiger partial charge in [0.2, 0.25) is 0 Å². The summed E-state index contributed by atoms with van der Waals surface area (Å²) in [6.07, 6.45) is -5.00. The number of rotatable bonds is 6. The molecule has 114 valence electrons. The maximum absolute atomic E-state index is 12.2. The summed E-state index contributed by atoms with van der Waals surface area (Å²) in [5.41, 5.74) is 1.63. The van der Waals surface area contributed by atoms with Crippen LogP contribution in [0.4, 0.5) is 18.9 Å². The highest BCUT2D eigenvalue weighted by Gasteiger charge is 2.27. The van der Waals surface area contributed by atoms with E-state index in [1.54, 1.807) is 19.2 Å². The minimum absolute atomic E-state index is 0.106. The molecule has 0 spiro atoms. The molecule has 0 amide bonds. The van der Waals surface area contributed by atoms with Gasteiger partial charge in [0.15, 0.2) is 0 Å². The van der Waals surface area contributed by atoms with Crippen LogP contribution in [0.1, 0.15) is 31.9 Å². The summed E-state index contributed by atoms with van der Waals surface area (Å²) in [5.74, 6) is 0. The van der Waals surface area contributed by atoms with Crippen LogP contribution >= 0.6 is 11.6 Å². The van der Waals surface area contributed by atoms with Crippen molar-refractivity contribution >= 4 is 17.3 Å². The smallest absolute Gasteiger partial charge is 0.373 e. The van der Waals surface area contributed by atoms with Crippen molar-refractivity contribution < 1.29 is 13.2 Å². The largest absolute Gasteiger partial charge is 0.390 e. The van der Waals surface area contributed by atoms with E-state index >= 15 is 0 Å². The highest BCUT2D eigenvalue weighted by molar-refractivity contribution is 6.33. The standard InChI is InChI=1S/C14H20ClF3N2/c1-4-19-10(2)11-5-6-13(12(15)9-11)20(3)8-7-14(16,17)18/h5-6,9-10,19H,4,7-8H2,1-3H3. The van der Waals surface area contributed by atoms with Crippen molar-refractivity contribution in [3.8, 4) is 0 Å². The topological polar surface area (TPSA) is 15.3 Å². The van der Waals surface area contributed by atoms with E-state index in [1.807, 2.05) is 19.9 Å². The summed E-state index contributed by atoms with van der Waals surface area (Å²) < 4.78 is 36.7. The first kappa shape index (κ1) is 17.1. The van der Waals surface area contributed by atoms with Gasteiger partial charge in [0.1, 0.15) is 0 Å².